The van der Waals surface area contributed by atoms with Crippen molar-refractivity contribution in [2.24, 2.45) is 0 Å². The molecule has 0 aliphatic carbocycles. The van der Waals surface area contributed by atoms with Crippen LogP contribution >= 0.6 is 11.6 Å². The monoisotopic (exact) mass is 311 g/mol. The highest BCUT2D eigenvalue weighted by molar-refractivity contribution is 6.29. The summed E-state index contributed by atoms with van der Waals surface area (Å²) in [7, 11) is 0. The molecule has 0 fully saturated rings. The molecule has 0 saturated heterocycles. The van der Waals surface area contributed by atoms with Gasteiger partial charge in [-0.1, -0.05) is 17.7 Å². The Hall–Kier alpha value is -2.26. The van der Waals surface area contributed by atoms with Crippen molar-refractivity contribution in [2.45, 2.75) is 13.1 Å². The van der Waals surface area contributed by atoms with Gasteiger partial charge in [0, 0.05) is 5.69 Å². The molecule has 0 amide bonds. The average Bonchev–Trinajstić information content (AvgIpc) is 2.39. The number of aromatic nitrogens is 1. The third-order valence-corrected chi connectivity index (χ3v) is 2.94. The van der Waals surface area contributed by atoms with Crippen molar-refractivity contribution in [3.8, 4) is 6.07 Å². The number of benzene rings is 1. The fraction of sp³-hybridized carbons (Fsp3) is 0.143. The van der Waals surface area contributed by atoms with Crippen molar-refractivity contribution >= 4 is 23.1 Å². The first kappa shape index (κ1) is 15.1. The van der Waals surface area contributed by atoms with Crippen molar-refractivity contribution < 1.29 is 13.2 Å². The molecule has 21 heavy (non-hydrogen) atoms. The Morgan fingerprint density at radius 3 is 2.57 bits per heavy atom. The fourth-order valence-corrected chi connectivity index (χ4v) is 1.91. The summed E-state index contributed by atoms with van der Waals surface area (Å²) in [5, 5.41) is 11.7. The summed E-state index contributed by atoms with van der Waals surface area (Å²) in [6.45, 7) is 1.66. The normalized spacial score (nSPS) is 11.0. The number of nitriles is 1. The number of nitrogens with one attached hydrogen (secondary N) is 1. The van der Waals surface area contributed by atoms with Crippen LogP contribution in [0.1, 0.15) is 16.7 Å². The van der Waals surface area contributed by atoms with Crippen LogP contribution in [0.4, 0.5) is 24.7 Å². The van der Waals surface area contributed by atoms with Crippen LogP contribution in [0.2, 0.25) is 5.15 Å². The predicted octanol–water partition coefficient (Wildman–Crippen LogP) is 4.68. The molecule has 0 radical (unpaired) electrons. The summed E-state index contributed by atoms with van der Waals surface area (Å²) in [5.41, 5.74) is 0.368. The molecule has 0 bridgehead atoms. The largest absolute Gasteiger partial charge is 0.416 e. The van der Waals surface area contributed by atoms with E-state index in [-0.39, 0.29) is 22.2 Å². The first-order valence-corrected chi connectivity index (χ1v) is 6.20. The molecule has 0 aliphatic rings. The van der Waals surface area contributed by atoms with Gasteiger partial charge < -0.3 is 5.32 Å². The van der Waals surface area contributed by atoms with Crippen molar-refractivity contribution in [3.63, 3.8) is 0 Å². The van der Waals surface area contributed by atoms with E-state index >= 15 is 0 Å². The Kier molecular flexibility index (Phi) is 4.05. The topological polar surface area (TPSA) is 48.7 Å². The maximum absolute atomic E-state index is 12.7. The summed E-state index contributed by atoms with van der Waals surface area (Å²) >= 11 is 5.76. The van der Waals surface area contributed by atoms with Crippen molar-refractivity contribution in [2.75, 3.05) is 5.32 Å². The Balaban J connectivity index is 2.40. The standard InChI is InChI=1S/C14H9ClF3N3/c1-8-2-3-10(14(16,17)18)6-11(8)20-13-5-9(7-19)4-12(15)21-13/h2-6H,1H3,(H,20,21). The highest BCUT2D eigenvalue weighted by Gasteiger charge is 2.30. The lowest BCUT2D eigenvalue weighted by Gasteiger charge is -2.13. The number of anilines is 2. The zero-order valence-electron chi connectivity index (χ0n) is 10.8. The van der Waals surface area contributed by atoms with E-state index in [4.69, 9.17) is 16.9 Å². The molecular formula is C14H9ClF3N3. The van der Waals surface area contributed by atoms with Gasteiger partial charge in [0.25, 0.3) is 0 Å². The highest BCUT2D eigenvalue weighted by Crippen LogP contribution is 2.33. The van der Waals surface area contributed by atoms with Crippen molar-refractivity contribution in [1.29, 1.82) is 5.26 Å². The lowest BCUT2D eigenvalue weighted by Crippen LogP contribution is -2.06. The molecular weight excluding hydrogens is 303 g/mol. The van der Waals surface area contributed by atoms with E-state index in [2.05, 4.69) is 10.3 Å². The third kappa shape index (κ3) is 3.64. The van der Waals surface area contributed by atoms with E-state index in [1.54, 1.807) is 6.92 Å². The summed E-state index contributed by atoms with van der Waals surface area (Å²) in [4.78, 5) is 3.93. The van der Waals surface area contributed by atoms with E-state index < -0.39 is 11.7 Å². The molecule has 1 aromatic carbocycles. The molecule has 0 spiro atoms. The second-order valence-corrected chi connectivity index (χ2v) is 4.72. The smallest absolute Gasteiger partial charge is 0.340 e. The minimum atomic E-state index is -4.43. The quantitative estimate of drug-likeness (QED) is 0.819. The molecule has 3 nitrogen and oxygen atoms in total. The van der Waals surface area contributed by atoms with Crippen molar-refractivity contribution in [1.82, 2.24) is 4.98 Å². The van der Waals surface area contributed by atoms with Crippen LogP contribution in [0, 0.1) is 18.3 Å². The summed E-state index contributed by atoms with van der Waals surface area (Å²) in [6, 6.07) is 8.03. The van der Waals surface area contributed by atoms with Gasteiger partial charge in [0.05, 0.1) is 17.2 Å². The molecule has 0 saturated carbocycles. The van der Waals surface area contributed by atoms with Crippen LogP contribution in [0.5, 0.6) is 0 Å². The maximum atomic E-state index is 12.7. The molecule has 2 rings (SSSR count). The second-order valence-electron chi connectivity index (χ2n) is 4.33. The van der Waals surface area contributed by atoms with Crippen LogP contribution < -0.4 is 5.32 Å². The number of alkyl halides is 3. The number of nitrogens with zero attached hydrogens (tertiary/aromatic N) is 2. The molecule has 108 valence electrons. The molecule has 0 unspecified atom stereocenters. The zero-order valence-corrected chi connectivity index (χ0v) is 11.5. The number of halogens is 4. The van der Waals surface area contributed by atoms with E-state index in [0.717, 1.165) is 12.1 Å². The van der Waals surface area contributed by atoms with Gasteiger partial charge in [-0.15, -0.1) is 0 Å². The minimum Gasteiger partial charge on any atom is -0.340 e. The first-order chi connectivity index (χ1) is 9.79. The summed E-state index contributed by atoms with van der Waals surface area (Å²) < 4.78 is 38.1. The van der Waals surface area contributed by atoms with Gasteiger partial charge in [0.1, 0.15) is 11.0 Å². The number of pyridine rings is 1. The number of rotatable bonds is 2. The minimum absolute atomic E-state index is 0.0844. The Bertz CT molecular complexity index is 720. The lowest BCUT2D eigenvalue weighted by atomic mass is 10.1. The molecule has 0 atom stereocenters. The third-order valence-electron chi connectivity index (χ3n) is 2.75. The molecule has 7 heteroatoms. The van der Waals surface area contributed by atoms with Gasteiger partial charge in [-0.3, -0.25) is 0 Å². The van der Waals surface area contributed by atoms with Gasteiger partial charge >= 0.3 is 6.18 Å². The van der Waals surface area contributed by atoms with Crippen LogP contribution in [-0.2, 0) is 6.18 Å². The van der Waals surface area contributed by atoms with Crippen LogP contribution in [-0.4, -0.2) is 4.98 Å². The van der Waals surface area contributed by atoms with E-state index in [1.807, 2.05) is 6.07 Å². The van der Waals surface area contributed by atoms with Crippen LogP contribution in [0.3, 0.4) is 0 Å². The maximum Gasteiger partial charge on any atom is 0.416 e. The second kappa shape index (κ2) is 5.62. The van der Waals surface area contributed by atoms with Gasteiger partial charge in [-0.05, 0) is 36.8 Å². The van der Waals surface area contributed by atoms with E-state index in [1.165, 1.54) is 18.2 Å². The Morgan fingerprint density at radius 1 is 1.24 bits per heavy atom. The van der Waals surface area contributed by atoms with Gasteiger partial charge in [-0.2, -0.15) is 18.4 Å². The van der Waals surface area contributed by atoms with Crippen molar-refractivity contribution in [3.05, 3.63) is 52.2 Å². The van der Waals surface area contributed by atoms with Crippen LogP contribution in [0.15, 0.2) is 30.3 Å². The summed E-state index contributed by atoms with van der Waals surface area (Å²) in [5.74, 6) is 0.210. The number of aryl methyl sites for hydroxylation is 1. The van der Waals surface area contributed by atoms with Gasteiger partial charge in [-0.25, -0.2) is 4.98 Å². The first-order valence-electron chi connectivity index (χ1n) is 5.82. The molecule has 1 aromatic heterocycles. The zero-order chi connectivity index (χ0) is 15.6. The Labute approximate surface area is 124 Å². The van der Waals surface area contributed by atoms with Crippen LogP contribution in [0.25, 0.3) is 0 Å². The highest BCUT2D eigenvalue weighted by atomic mass is 35.5. The van der Waals surface area contributed by atoms with Gasteiger partial charge in [0.2, 0.25) is 0 Å². The van der Waals surface area contributed by atoms with Gasteiger partial charge in [0.15, 0.2) is 0 Å². The number of hydrogen-bond donors (Lipinski definition) is 1. The predicted molar refractivity (Wildman–Crippen MR) is 73.4 cm³/mol. The fourth-order valence-electron chi connectivity index (χ4n) is 1.70. The van der Waals surface area contributed by atoms with E-state index in [9.17, 15) is 13.2 Å². The summed E-state index contributed by atoms with van der Waals surface area (Å²) in [6.07, 6.45) is -4.43. The molecule has 2 aromatic rings. The SMILES string of the molecule is Cc1ccc(C(F)(F)F)cc1Nc1cc(C#N)cc(Cl)n1. The lowest BCUT2D eigenvalue weighted by molar-refractivity contribution is -0.137. The molecule has 1 heterocycles. The number of hydrogen-bond acceptors (Lipinski definition) is 3. The Morgan fingerprint density at radius 2 is 1.95 bits per heavy atom. The molecule has 0 aliphatic heterocycles. The average molecular weight is 312 g/mol. The molecule has 1 N–H and O–H groups in total. The van der Waals surface area contributed by atoms with E-state index in [0.29, 0.717) is 5.56 Å².